The first-order valence-corrected chi connectivity index (χ1v) is 8.30. The van der Waals surface area contributed by atoms with Crippen LogP contribution in [0.3, 0.4) is 0 Å². The number of hydrogen-bond acceptors (Lipinski definition) is 4. The van der Waals surface area contributed by atoms with Crippen molar-refractivity contribution in [3.8, 4) is 5.75 Å². The molecule has 0 aliphatic carbocycles. The maximum Gasteiger partial charge on any atom is 0.305 e. The third-order valence-corrected chi connectivity index (χ3v) is 4.24. The molecular weight excluding hydrogens is 310 g/mol. The van der Waals surface area contributed by atoms with Gasteiger partial charge in [0.15, 0.2) is 0 Å². The SMILES string of the molecule is Cc1ccccc1OCCCC(=O)NC1(CC(=O)O)CCOCC1. The van der Waals surface area contributed by atoms with Crippen LogP contribution >= 0.6 is 0 Å². The fourth-order valence-electron chi connectivity index (χ4n) is 2.89. The van der Waals surface area contributed by atoms with Crippen LogP contribution < -0.4 is 10.1 Å². The van der Waals surface area contributed by atoms with Crippen molar-refractivity contribution in [3.05, 3.63) is 29.8 Å². The van der Waals surface area contributed by atoms with Gasteiger partial charge in [-0.25, -0.2) is 0 Å². The number of aryl methyl sites for hydroxylation is 1. The second-order valence-electron chi connectivity index (χ2n) is 6.23. The van der Waals surface area contributed by atoms with Crippen molar-refractivity contribution in [2.24, 2.45) is 0 Å². The van der Waals surface area contributed by atoms with E-state index >= 15 is 0 Å². The van der Waals surface area contributed by atoms with Crippen molar-refractivity contribution in [2.45, 2.75) is 44.6 Å². The van der Waals surface area contributed by atoms with E-state index in [2.05, 4.69) is 5.32 Å². The summed E-state index contributed by atoms with van der Waals surface area (Å²) in [5.41, 5.74) is 0.377. The first-order valence-electron chi connectivity index (χ1n) is 8.30. The van der Waals surface area contributed by atoms with Crippen LogP contribution in [0.2, 0.25) is 0 Å². The average Bonchev–Trinajstić information content (AvgIpc) is 2.53. The summed E-state index contributed by atoms with van der Waals surface area (Å²) in [6.45, 7) is 3.38. The van der Waals surface area contributed by atoms with Gasteiger partial charge in [-0.2, -0.15) is 0 Å². The Labute approximate surface area is 142 Å². The summed E-state index contributed by atoms with van der Waals surface area (Å²) in [5, 5.41) is 12.0. The standard InChI is InChI=1S/C18H25NO5/c1-14-5-2-3-6-15(14)24-10-4-7-16(20)19-18(13-17(21)22)8-11-23-12-9-18/h2-3,5-6H,4,7-13H2,1H3,(H,19,20)(H,21,22). The number of ether oxygens (including phenoxy) is 2. The normalized spacial score (nSPS) is 16.4. The van der Waals surface area contributed by atoms with Crippen LogP contribution in [0.1, 0.15) is 37.7 Å². The Balaban J connectivity index is 1.77. The molecule has 1 fully saturated rings. The van der Waals surface area contributed by atoms with Crippen molar-refractivity contribution >= 4 is 11.9 Å². The molecule has 1 heterocycles. The highest BCUT2D eigenvalue weighted by molar-refractivity contribution is 5.78. The molecule has 1 aliphatic heterocycles. The van der Waals surface area contributed by atoms with E-state index < -0.39 is 11.5 Å². The third kappa shape index (κ3) is 5.53. The predicted molar refractivity (Wildman–Crippen MR) is 89.1 cm³/mol. The highest BCUT2D eigenvalue weighted by Gasteiger charge is 2.36. The van der Waals surface area contributed by atoms with Crippen molar-refractivity contribution < 1.29 is 24.2 Å². The Hall–Kier alpha value is -2.08. The van der Waals surface area contributed by atoms with Gasteiger partial charge in [-0.1, -0.05) is 18.2 Å². The fraction of sp³-hybridized carbons (Fsp3) is 0.556. The second-order valence-corrected chi connectivity index (χ2v) is 6.23. The maximum atomic E-state index is 12.2. The summed E-state index contributed by atoms with van der Waals surface area (Å²) in [7, 11) is 0. The van der Waals surface area contributed by atoms with Crippen molar-refractivity contribution in [1.29, 1.82) is 0 Å². The summed E-state index contributed by atoms with van der Waals surface area (Å²) in [6, 6.07) is 7.74. The van der Waals surface area contributed by atoms with Crippen molar-refractivity contribution in [1.82, 2.24) is 5.32 Å². The van der Waals surface area contributed by atoms with Gasteiger partial charge in [-0.15, -0.1) is 0 Å². The molecule has 1 amide bonds. The van der Waals surface area contributed by atoms with Gasteiger partial charge in [0, 0.05) is 19.6 Å². The van der Waals surface area contributed by atoms with E-state index in [-0.39, 0.29) is 12.3 Å². The Morgan fingerprint density at radius 1 is 1.29 bits per heavy atom. The zero-order valence-corrected chi connectivity index (χ0v) is 14.0. The van der Waals surface area contributed by atoms with Gasteiger partial charge in [0.1, 0.15) is 5.75 Å². The molecule has 0 saturated carbocycles. The van der Waals surface area contributed by atoms with Crippen molar-refractivity contribution in [3.63, 3.8) is 0 Å². The van der Waals surface area contributed by atoms with E-state index in [4.69, 9.17) is 14.6 Å². The van der Waals surface area contributed by atoms with Crippen LogP contribution in [-0.2, 0) is 14.3 Å². The van der Waals surface area contributed by atoms with Crippen LogP contribution in [0, 0.1) is 6.92 Å². The zero-order chi connectivity index (χ0) is 17.4. The number of para-hydroxylation sites is 1. The minimum Gasteiger partial charge on any atom is -0.493 e. The van der Waals surface area contributed by atoms with Crippen molar-refractivity contribution in [2.75, 3.05) is 19.8 Å². The summed E-state index contributed by atoms with van der Waals surface area (Å²) in [5.74, 6) is -0.212. The highest BCUT2D eigenvalue weighted by atomic mass is 16.5. The van der Waals surface area contributed by atoms with Crippen LogP contribution in [0.4, 0.5) is 0 Å². The molecule has 132 valence electrons. The molecule has 1 aliphatic rings. The third-order valence-electron chi connectivity index (χ3n) is 4.24. The number of carboxylic acids is 1. The molecule has 24 heavy (non-hydrogen) atoms. The number of carbonyl (C=O) groups excluding carboxylic acids is 1. The molecule has 1 aromatic carbocycles. The van der Waals surface area contributed by atoms with E-state index in [0.29, 0.717) is 45.5 Å². The average molecular weight is 335 g/mol. The molecule has 0 radical (unpaired) electrons. The number of carbonyl (C=O) groups is 2. The number of carboxylic acid groups (broad SMARTS) is 1. The topological polar surface area (TPSA) is 84.9 Å². The fourth-order valence-corrected chi connectivity index (χ4v) is 2.89. The molecule has 2 rings (SSSR count). The van der Waals surface area contributed by atoms with Crippen LogP contribution in [0.5, 0.6) is 5.75 Å². The van der Waals surface area contributed by atoms with E-state index in [9.17, 15) is 9.59 Å². The molecule has 2 N–H and O–H groups in total. The summed E-state index contributed by atoms with van der Waals surface area (Å²) in [4.78, 5) is 23.3. The minimum atomic E-state index is -0.903. The largest absolute Gasteiger partial charge is 0.493 e. The monoisotopic (exact) mass is 335 g/mol. The lowest BCUT2D eigenvalue weighted by Crippen LogP contribution is -2.53. The molecule has 1 saturated heterocycles. The van der Waals surface area contributed by atoms with Crippen LogP contribution in [0.15, 0.2) is 24.3 Å². The summed E-state index contributed by atoms with van der Waals surface area (Å²) >= 11 is 0. The molecule has 0 aromatic heterocycles. The first-order chi connectivity index (χ1) is 11.5. The quantitative estimate of drug-likeness (QED) is 0.712. The van der Waals surface area contributed by atoms with Gasteiger partial charge >= 0.3 is 5.97 Å². The molecule has 0 spiro atoms. The Morgan fingerprint density at radius 2 is 2.00 bits per heavy atom. The van der Waals surface area contributed by atoms with Gasteiger partial charge < -0.3 is 19.9 Å². The van der Waals surface area contributed by atoms with Gasteiger partial charge in [-0.3, -0.25) is 9.59 Å². The molecule has 6 nitrogen and oxygen atoms in total. The van der Waals surface area contributed by atoms with E-state index in [1.165, 1.54) is 0 Å². The predicted octanol–water partition coefficient (Wildman–Crippen LogP) is 2.29. The van der Waals surface area contributed by atoms with E-state index in [1.54, 1.807) is 0 Å². The number of benzene rings is 1. The number of aliphatic carboxylic acids is 1. The van der Waals surface area contributed by atoms with Crippen LogP contribution in [0.25, 0.3) is 0 Å². The molecular formula is C18H25NO5. The zero-order valence-electron chi connectivity index (χ0n) is 14.0. The number of rotatable bonds is 8. The smallest absolute Gasteiger partial charge is 0.305 e. The number of nitrogens with one attached hydrogen (secondary N) is 1. The molecule has 0 bridgehead atoms. The van der Waals surface area contributed by atoms with Gasteiger partial charge in [0.2, 0.25) is 5.91 Å². The van der Waals surface area contributed by atoms with Crippen LogP contribution in [-0.4, -0.2) is 42.3 Å². The number of amides is 1. The van der Waals surface area contributed by atoms with E-state index in [1.807, 2.05) is 31.2 Å². The van der Waals surface area contributed by atoms with E-state index in [0.717, 1.165) is 11.3 Å². The maximum absolute atomic E-state index is 12.2. The van der Waals surface area contributed by atoms with Gasteiger partial charge in [0.25, 0.3) is 0 Å². The lowest BCUT2D eigenvalue weighted by atomic mass is 9.86. The minimum absolute atomic E-state index is 0.0676. The molecule has 0 atom stereocenters. The first kappa shape index (κ1) is 18.3. The Bertz CT molecular complexity index is 566. The molecule has 0 unspecified atom stereocenters. The lowest BCUT2D eigenvalue weighted by Gasteiger charge is -2.36. The molecule has 1 aromatic rings. The summed E-state index contributed by atoms with van der Waals surface area (Å²) < 4.78 is 11.0. The van der Waals surface area contributed by atoms with Gasteiger partial charge in [-0.05, 0) is 37.8 Å². The van der Waals surface area contributed by atoms with Gasteiger partial charge in [0.05, 0.1) is 18.6 Å². The lowest BCUT2D eigenvalue weighted by molar-refractivity contribution is -0.140. The highest BCUT2D eigenvalue weighted by Crippen LogP contribution is 2.25. The second kappa shape index (κ2) is 8.68. The summed E-state index contributed by atoms with van der Waals surface area (Å²) in [6.07, 6.45) is 1.89. The Morgan fingerprint density at radius 3 is 2.67 bits per heavy atom. The number of hydrogen-bond donors (Lipinski definition) is 2. The Kier molecular flexibility index (Phi) is 6.61. The molecule has 6 heteroatoms.